The molecule has 2 atom stereocenters. The van der Waals surface area contributed by atoms with Crippen LogP contribution in [0.5, 0.6) is 0 Å². The summed E-state index contributed by atoms with van der Waals surface area (Å²) in [6.45, 7) is 4.03. The predicted molar refractivity (Wildman–Crippen MR) is 74.6 cm³/mol. The number of sulfone groups is 1. The molecule has 1 heterocycles. The lowest BCUT2D eigenvalue weighted by Gasteiger charge is -2.21. The quantitative estimate of drug-likeness (QED) is 0.697. The van der Waals surface area contributed by atoms with Gasteiger partial charge in [0.1, 0.15) is 9.84 Å². The van der Waals surface area contributed by atoms with E-state index in [0.717, 1.165) is 51.7 Å². The van der Waals surface area contributed by atoms with Gasteiger partial charge in [-0.25, -0.2) is 8.42 Å². The molecule has 0 amide bonds. The van der Waals surface area contributed by atoms with Gasteiger partial charge in [-0.15, -0.1) is 0 Å². The van der Waals surface area contributed by atoms with Gasteiger partial charge in [0, 0.05) is 24.7 Å². The summed E-state index contributed by atoms with van der Waals surface area (Å²) < 4.78 is 27.9. The van der Waals surface area contributed by atoms with Crippen LogP contribution in [-0.4, -0.2) is 45.7 Å². The molecule has 1 saturated heterocycles. The van der Waals surface area contributed by atoms with Crippen LogP contribution in [0.3, 0.4) is 0 Å². The monoisotopic (exact) mass is 277 g/mol. The van der Waals surface area contributed by atoms with Gasteiger partial charge in [0.2, 0.25) is 0 Å². The topological polar surface area (TPSA) is 55.4 Å². The molecule has 2 unspecified atom stereocenters. The van der Waals surface area contributed by atoms with Gasteiger partial charge < -0.3 is 10.1 Å². The molecule has 1 aliphatic rings. The van der Waals surface area contributed by atoms with E-state index in [1.54, 1.807) is 0 Å². The van der Waals surface area contributed by atoms with Crippen molar-refractivity contribution in [2.75, 3.05) is 25.2 Å². The zero-order valence-corrected chi connectivity index (χ0v) is 12.5. The van der Waals surface area contributed by atoms with Crippen LogP contribution in [0.1, 0.15) is 45.4 Å². The third-order valence-electron chi connectivity index (χ3n) is 3.32. The molecule has 1 rings (SSSR count). The van der Waals surface area contributed by atoms with Crippen LogP contribution < -0.4 is 5.32 Å². The second kappa shape index (κ2) is 8.12. The van der Waals surface area contributed by atoms with Gasteiger partial charge >= 0.3 is 0 Å². The molecule has 5 heteroatoms. The van der Waals surface area contributed by atoms with Crippen molar-refractivity contribution in [3.05, 3.63) is 0 Å². The number of nitrogens with one attached hydrogen (secondary N) is 1. The molecule has 0 aromatic carbocycles. The maximum Gasteiger partial charge on any atom is 0.147 e. The first-order valence-electron chi connectivity index (χ1n) is 7.04. The lowest BCUT2D eigenvalue weighted by molar-refractivity contribution is 0.0935. The van der Waals surface area contributed by atoms with E-state index in [1.807, 2.05) is 0 Å². The Morgan fingerprint density at radius 1 is 1.44 bits per heavy atom. The Kier molecular flexibility index (Phi) is 7.19. The summed E-state index contributed by atoms with van der Waals surface area (Å²) in [5.74, 6) is 0.294. The van der Waals surface area contributed by atoms with Crippen molar-refractivity contribution in [3.8, 4) is 0 Å². The van der Waals surface area contributed by atoms with Crippen molar-refractivity contribution in [1.29, 1.82) is 0 Å². The Balaban J connectivity index is 2.29. The molecule has 0 aromatic rings. The van der Waals surface area contributed by atoms with E-state index in [2.05, 4.69) is 12.2 Å². The summed E-state index contributed by atoms with van der Waals surface area (Å²) in [5.41, 5.74) is 0. The highest BCUT2D eigenvalue weighted by Gasteiger charge is 2.20. The summed E-state index contributed by atoms with van der Waals surface area (Å²) in [4.78, 5) is 0. The van der Waals surface area contributed by atoms with E-state index >= 15 is 0 Å². The zero-order valence-electron chi connectivity index (χ0n) is 11.7. The average Bonchev–Trinajstić information content (AvgIpc) is 2.76. The Hall–Kier alpha value is -0.130. The fraction of sp³-hybridized carbons (Fsp3) is 1.00. The minimum atomic E-state index is -2.83. The SMILES string of the molecule is CCCNC(CCCS(C)(=O)=O)CC1CCCO1. The summed E-state index contributed by atoms with van der Waals surface area (Å²) in [5, 5.41) is 3.51. The van der Waals surface area contributed by atoms with Gasteiger partial charge in [-0.05, 0) is 45.1 Å². The minimum absolute atomic E-state index is 0.294. The van der Waals surface area contributed by atoms with Gasteiger partial charge in [0.25, 0.3) is 0 Å². The van der Waals surface area contributed by atoms with Crippen LogP contribution in [-0.2, 0) is 14.6 Å². The van der Waals surface area contributed by atoms with Crippen molar-refractivity contribution >= 4 is 9.84 Å². The first kappa shape index (κ1) is 15.9. The zero-order chi connectivity index (χ0) is 13.4. The van der Waals surface area contributed by atoms with Gasteiger partial charge in [0.05, 0.1) is 6.10 Å². The molecule has 0 saturated carbocycles. The Morgan fingerprint density at radius 3 is 2.78 bits per heavy atom. The van der Waals surface area contributed by atoms with Crippen molar-refractivity contribution < 1.29 is 13.2 Å². The second-order valence-electron chi connectivity index (χ2n) is 5.29. The van der Waals surface area contributed by atoms with Crippen LogP contribution in [0.4, 0.5) is 0 Å². The minimum Gasteiger partial charge on any atom is -0.378 e. The molecule has 1 fully saturated rings. The van der Waals surface area contributed by atoms with Crippen LogP contribution in [0.2, 0.25) is 0 Å². The molecule has 0 aromatic heterocycles. The summed E-state index contributed by atoms with van der Waals surface area (Å²) in [7, 11) is -2.83. The Labute approximate surface area is 111 Å². The van der Waals surface area contributed by atoms with Gasteiger partial charge in [-0.1, -0.05) is 6.92 Å². The van der Waals surface area contributed by atoms with Gasteiger partial charge in [-0.3, -0.25) is 0 Å². The third kappa shape index (κ3) is 7.34. The number of ether oxygens (including phenoxy) is 1. The molecular formula is C13H27NO3S. The maximum atomic E-state index is 11.1. The predicted octanol–water partition coefficient (Wildman–Crippen LogP) is 1.75. The lowest BCUT2D eigenvalue weighted by Crippen LogP contribution is -2.33. The van der Waals surface area contributed by atoms with Gasteiger partial charge in [-0.2, -0.15) is 0 Å². The van der Waals surface area contributed by atoms with Crippen LogP contribution in [0, 0.1) is 0 Å². The van der Waals surface area contributed by atoms with E-state index in [0.29, 0.717) is 17.9 Å². The van der Waals surface area contributed by atoms with Crippen LogP contribution >= 0.6 is 0 Å². The normalized spacial score (nSPS) is 22.2. The van der Waals surface area contributed by atoms with E-state index in [1.165, 1.54) is 6.26 Å². The molecule has 0 radical (unpaired) electrons. The van der Waals surface area contributed by atoms with Crippen molar-refractivity contribution in [1.82, 2.24) is 5.32 Å². The largest absolute Gasteiger partial charge is 0.378 e. The highest BCUT2D eigenvalue weighted by Crippen LogP contribution is 2.19. The average molecular weight is 277 g/mol. The maximum absolute atomic E-state index is 11.1. The molecule has 0 aliphatic carbocycles. The van der Waals surface area contributed by atoms with Crippen molar-refractivity contribution in [3.63, 3.8) is 0 Å². The van der Waals surface area contributed by atoms with Gasteiger partial charge in [0.15, 0.2) is 0 Å². The Morgan fingerprint density at radius 2 is 2.22 bits per heavy atom. The van der Waals surface area contributed by atoms with Crippen molar-refractivity contribution in [2.45, 2.75) is 57.6 Å². The van der Waals surface area contributed by atoms with E-state index < -0.39 is 9.84 Å². The van der Waals surface area contributed by atoms with Crippen LogP contribution in [0.15, 0.2) is 0 Å². The van der Waals surface area contributed by atoms with E-state index in [4.69, 9.17) is 4.74 Å². The molecular weight excluding hydrogens is 250 g/mol. The molecule has 1 aliphatic heterocycles. The number of rotatable bonds is 9. The molecule has 108 valence electrons. The molecule has 0 spiro atoms. The fourth-order valence-electron chi connectivity index (χ4n) is 2.39. The third-order valence-corrected chi connectivity index (χ3v) is 4.35. The number of hydrogen-bond donors (Lipinski definition) is 1. The standard InChI is InChI=1S/C13H27NO3S/c1-3-8-14-12(6-5-10-18(2,15)16)11-13-7-4-9-17-13/h12-14H,3-11H2,1-2H3. The first-order valence-corrected chi connectivity index (χ1v) is 9.10. The molecule has 18 heavy (non-hydrogen) atoms. The smallest absolute Gasteiger partial charge is 0.147 e. The summed E-state index contributed by atoms with van der Waals surface area (Å²) >= 11 is 0. The molecule has 0 bridgehead atoms. The van der Waals surface area contributed by atoms with E-state index in [-0.39, 0.29) is 0 Å². The Bertz CT molecular complexity index is 310. The highest BCUT2D eigenvalue weighted by molar-refractivity contribution is 7.90. The first-order chi connectivity index (χ1) is 8.51. The van der Waals surface area contributed by atoms with Crippen LogP contribution in [0.25, 0.3) is 0 Å². The lowest BCUT2D eigenvalue weighted by atomic mass is 10.0. The summed E-state index contributed by atoms with van der Waals surface area (Å²) in [6, 6.07) is 0.398. The summed E-state index contributed by atoms with van der Waals surface area (Å²) in [6.07, 6.45) is 7.78. The molecule has 1 N–H and O–H groups in total. The van der Waals surface area contributed by atoms with Crippen molar-refractivity contribution in [2.24, 2.45) is 0 Å². The van der Waals surface area contributed by atoms with E-state index in [9.17, 15) is 8.42 Å². The molecule has 4 nitrogen and oxygen atoms in total. The highest BCUT2D eigenvalue weighted by atomic mass is 32.2. The fourth-order valence-corrected chi connectivity index (χ4v) is 3.08. The number of hydrogen-bond acceptors (Lipinski definition) is 4. The second-order valence-corrected chi connectivity index (χ2v) is 7.55.